The first-order chi connectivity index (χ1) is 9.79. The van der Waals surface area contributed by atoms with Gasteiger partial charge in [-0.1, -0.05) is 44.0 Å². The fraction of sp³-hybridized carbons (Fsp3) is 0.375. The van der Waals surface area contributed by atoms with E-state index in [1.54, 1.807) is 18.2 Å². The standard InChI is InChI=1S/C16H19Cl2NO2/c1-16(2,3)14(20)15(19-8-4-5-9-19)21-13-7-6-11(17)10-12(13)18/h4-10,14-15,20H,1-3H3. The van der Waals surface area contributed by atoms with Crippen LogP contribution >= 0.6 is 23.2 Å². The van der Waals surface area contributed by atoms with Crippen molar-refractivity contribution in [2.24, 2.45) is 5.41 Å². The highest BCUT2D eigenvalue weighted by molar-refractivity contribution is 6.35. The van der Waals surface area contributed by atoms with E-state index in [1.165, 1.54) is 0 Å². The fourth-order valence-corrected chi connectivity index (χ4v) is 2.39. The average Bonchev–Trinajstić information content (AvgIpc) is 2.90. The summed E-state index contributed by atoms with van der Waals surface area (Å²) >= 11 is 12.0. The van der Waals surface area contributed by atoms with E-state index in [2.05, 4.69) is 0 Å². The van der Waals surface area contributed by atoms with Crippen LogP contribution < -0.4 is 4.74 Å². The van der Waals surface area contributed by atoms with E-state index in [0.29, 0.717) is 15.8 Å². The van der Waals surface area contributed by atoms with Gasteiger partial charge in [0.05, 0.1) is 5.02 Å². The summed E-state index contributed by atoms with van der Waals surface area (Å²) in [6.45, 7) is 5.88. The molecule has 2 atom stereocenters. The molecule has 3 nitrogen and oxygen atoms in total. The van der Waals surface area contributed by atoms with Gasteiger partial charge in [0.25, 0.3) is 0 Å². The number of nitrogens with zero attached hydrogens (tertiary/aromatic N) is 1. The van der Waals surface area contributed by atoms with Crippen molar-refractivity contribution in [2.75, 3.05) is 0 Å². The molecule has 1 heterocycles. The van der Waals surface area contributed by atoms with Gasteiger partial charge in [-0.2, -0.15) is 0 Å². The molecule has 0 amide bonds. The molecule has 114 valence electrons. The molecule has 0 radical (unpaired) electrons. The van der Waals surface area contributed by atoms with Crippen molar-refractivity contribution in [1.29, 1.82) is 0 Å². The molecular formula is C16H19Cl2NO2. The Morgan fingerprint density at radius 3 is 2.29 bits per heavy atom. The second-order valence-corrected chi connectivity index (χ2v) is 6.87. The molecule has 0 saturated heterocycles. The third-order valence-corrected chi connectivity index (χ3v) is 3.75. The lowest BCUT2D eigenvalue weighted by Crippen LogP contribution is -2.38. The van der Waals surface area contributed by atoms with Crippen LogP contribution in [0.15, 0.2) is 42.7 Å². The lowest BCUT2D eigenvalue weighted by atomic mass is 9.88. The van der Waals surface area contributed by atoms with Crippen LogP contribution in [0.1, 0.15) is 27.0 Å². The molecule has 2 aromatic rings. The second kappa shape index (κ2) is 6.30. The van der Waals surface area contributed by atoms with Gasteiger partial charge in [0.15, 0.2) is 0 Å². The van der Waals surface area contributed by atoms with E-state index >= 15 is 0 Å². The Morgan fingerprint density at radius 2 is 1.76 bits per heavy atom. The number of rotatable bonds is 4. The number of halogens is 2. The Kier molecular flexibility index (Phi) is 4.87. The molecule has 1 aromatic carbocycles. The van der Waals surface area contributed by atoms with Crippen LogP contribution in [0.5, 0.6) is 5.75 Å². The minimum absolute atomic E-state index is 0.339. The van der Waals surface area contributed by atoms with E-state index in [-0.39, 0.29) is 5.41 Å². The van der Waals surface area contributed by atoms with E-state index in [9.17, 15) is 5.11 Å². The van der Waals surface area contributed by atoms with Crippen LogP contribution in [0, 0.1) is 5.41 Å². The lowest BCUT2D eigenvalue weighted by molar-refractivity contribution is -0.0672. The van der Waals surface area contributed by atoms with Crippen LogP contribution in [0.25, 0.3) is 0 Å². The maximum absolute atomic E-state index is 10.6. The van der Waals surface area contributed by atoms with E-state index in [1.807, 2.05) is 49.9 Å². The SMILES string of the molecule is CC(C)(C)C(O)C(Oc1ccc(Cl)cc1Cl)n1cccc1. The Hall–Kier alpha value is -1.16. The van der Waals surface area contributed by atoms with Crippen molar-refractivity contribution < 1.29 is 9.84 Å². The van der Waals surface area contributed by atoms with E-state index in [0.717, 1.165) is 0 Å². The van der Waals surface area contributed by atoms with Gasteiger partial charge in [-0.25, -0.2) is 0 Å². The molecule has 5 heteroatoms. The Labute approximate surface area is 135 Å². The molecule has 2 rings (SSSR count). The van der Waals surface area contributed by atoms with Gasteiger partial charge in [-0.15, -0.1) is 0 Å². The van der Waals surface area contributed by atoms with Gasteiger partial charge in [0.2, 0.25) is 6.23 Å². The van der Waals surface area contributed by atoms with Crippen molar-refractivity contribution in [3.05, 3.63) is 52.8 Å². The normalized spacial score (nSPS) is 14.8. The molecule has 21 heavy (non-hydrogen) atoms. The van der Waals surface area contributed by atoms with Crippen LogP contribution in [-0.2, 0) is 0 Å². The zero-order valence-electron chi connectivity index (χ0n) is 12.3. The molecule has 0 bridgehead atoms. The maximum atomic E-state index is 10.6. The zero-order valence-corrected chi connectivity index (χ0v) is 13.8. The summed E-state index contributed by atoms with van der Waals surface area (Å²) in [5, 5.41) is 11.6. The maximum Gasteiger partial charge on any atom is 0.202 e. The van der Waals surface area contributed by atoms with Crippen molar-refractivity contribution in [3.63, 3.8) is 0 Å². The molecule has 0 aliphatic heterocycles. The quantitative estimate of drug-likeness (QED) is 0.876. The monoisotopic (exact) mass is 327 g/mol. The van der Waals surface area contributed by atoms with Gasteiger partial charge in [0.1, 0.15) is 11.9 Å². The Bertz CT molecular complexity index is 591. The Balaban J connectivity index is 2.33. The number of benzene rings is 1. The first kappa shape index (κ1) is 16.2. The van der Waals surface area contributed by atoms with E-state index in [4.69, 9.17) is 27.9 Å². The number of aliphatic hydroxyl groups is 1. The van der Waals surface area contributed by atoms with Crippen molar-refractivity contribution in [1.82, 2.24) is 4.57 Å². The topological polar surface area (TPSA) is 34.4 Å². The third-order valence-electron chi connectivity index (χ3n) is 3.22. The highest BCUT2D eigenvalue weighted by Crippen LogP contribution is 2.34. The predicted molar refractivity (Wildman–Crippen MR) is 86.0 cm³/mol. The number of hydrogen-bond acceptors (Lipinski definition) is 2. The van der Waals surface area contributed by atoms with Crippen molar-refractivity contribution >= 4 is 23.2 Å². The molecule has 1 N–H and O–H groups in total. The molecule has 0 saturated carbocycles. The predicted octanol–water partition coefficient (Wildman–Crippen LogP) is 4.78. The third kappa shape index (κ3) is 3.94. The second-order valence-electron chi connectivity index (χ2n) is 6.02. The minimum atomic E-state index is -0.711. The summed E-state index contributed by atoms with van der Waals surface area (Å²) < 4.78 is 7.78. The average molecular weight is 328 g/mol. The number of aromatic nitrogens is 1. The Morgan fingerprint density at radius 1 is 1.14 bits per heavy atom. The molecule has 1 aromatic heterocycles. The summed E-state index contributed by atoms with van der Waals surface area (Å²) in [5.41, 5.74) is -0.339. The van der Waals surface area contributed by atoms with Crippen molar-refractivity contribution in [3.8, 4) is 5.75 Å². The summed E-state index contributed by atoms with van der Waals surface area (Å²) in [6.07, 6.45) is 2.42. The van der Waals surface area contributed by atoms with Gasteiger partial charge in [-0.05, 0) is 35.7 Å². The minimum Gasteiger partial charge on any atom is -0.466 e. The van der Waals surface area contributed by atoms with Gasteiger partial charge in [0, 0.05) is 17.4 Å². The molecule has 2 unspecified atom stereocenters. The molecule has 0 spiro atoms. The van der Waals surface area contributed by atoms with Crippen LogP contribution in [0.4, 0.5) is 0 Å². The van der Waals surface area contributed by atoms with Gasteiger partial charge < -0.3 is 14.4 Å². The fourth-order valence-electron chi connectivity index (χ4n) is 1.93. The van der Waals surface area contributed by atoms with Crippen LogP contribution in [-0.4, -0.2) is 15.8 Å². The van der Waals surface area contributed by atoms with Crippen LogP contribution in [0.2, 0.25) is 10.0 Å². The first-order valence-corrected chi connectivity index (χ1v) is 7.47. The first-order valence-electron chi connectivity index (χ1n) is 6.71. The smallest absolute Gasteiger partial charge is 0.202 e. The summed E-state index contributed by atoms with van der Waals surface area (Å²) in [4.78, 5) is 0. The molecular weight excluding hydrogens is 309 g/mol. The zero-order chi connectivity index (χ0) is 15.6. The summed E-state index contributed by atoms with van der Waals surface area (Å²) in [6, 6.07) is 8.80. The largest absolute Gasteiger partial charge is 0.466 e. The molecule has 0 aliphatic rings. The van der Waals surface area contributed by atoms with Gasteiger partial charge in [-0.3, -0.25) is 0 Å². The highest BCUT2D eigenvalue weighted by Gasteiger charge is 2.33. The number of aliphatic hydroxyl groups excluding tert-OH is 1. The number of ether oxygens (including phenoxy) is 1. The highest BCUT2D eigenvalue weighted by atomic mass is 35.5. The molecule has 0 fully saturated rings. The van der Waals surface area contributed by atoms with Crippen molar-refractivity contribution in [2.45, 2.75) is 33.1 Å². The van der Waals surface area contributed by atoms with E-state index < -0.39 is 12.3 Å². The summed E-state index contributed by atoms with van der Waals surface area (Å²) in [7, 11) is 0. The lowest BCUT2D eigenvalue weighted by Gasteiger charge is -2.34. The van der Waals surface area contributed by atoms with Crippen LogP contribution in [0.3, 0.4) is 0 Å². The molecule has 0 aliphatic carbocycles. The summed E-state index contributed by atoms with van der Waals surface area (Å²) in [5.74, 6) is 0.489. The number of hydrogen-bond donors (Lipinski definition) is 1. The van der Waals surface area contributed by atoms with Gasteiger partial charge >= 0.3 is 0 Å².